The zero-order valence-corrected chi connectivity index (χ0v) is 14.4. The first-order valence-corrected chi connectivity index (χ1v) is 7.94. The van der Waals surface area contributed by atoms with E-state index < -0.39 is 0 Å². The smallest absolute Gasteiger partial charge is 0.258 e. The average Bonchev–Trinajstić information content (AvgIpc) is 2.60. The molecular weight excluding hydrogens is 326 g/mol. The van der Waals surface area contributed by atoms with E-state index in [1.807, 2.05) is 12.1 Å². The van der Waals surface area contributed by atoms with Crippen LogP contribution in [0, 0.1) is 0 Å². The maximum atomic E-state index is 12.8. The number of amides is 1. The maximum absolute atomic E-state index is 12.8. The molecule has 24 heavy (non-hydrogen) atoms. The monoisotopic (exact) mass is 343 g/mol. The summed E-state index contributed by atoms with van der Waals surface area (Å²) in [4.78, 5) is 14.5. The van der Waals surface area contributed by atoms with Crippen molar-refractivity contribution in [3.05, 3.63) is 64.7 Å². The van der Waals surface area contributed by atoms with Crippen molar-refractivity contribution in [1.29, 1.82) is 0 Å². The number of ether oxygens (including phenoxy) is 2. The molecule has 124 valence electrons. The Kier molecular flexibility index (Phi) is 4.49. The summed E-state index contributed by atoms with van der Waals surface area (Å²) in [6.45, 7) is 4.67. The molecule has 2 aromatic carbocycles. The SMILES string of the molecule is C=C1c2cc(OC)c(OC)cc2CCN1C(=O)c1cccc(Cl)c1. The van der Waals surface area contributed by atoms with Gasteiger partial charge >= 0.3 is 0 Å². The summed E-state index contributed by atoms with van der Waals surface area (Å²) < 4.78 is 10.7. The molecular formula is C19H18ClNO3. The Morgan fingerprint density at radius 1 is 1.17 bits per heavy atom. The number of nitrogens with zero attached hydrogens (tertiary/aromatic N) is 1. The van der Waals surface area contributed by atoms with E-state index in [2.05, 4.69) is 6.58 Å². The predicted molar refractivity (Wildman–Crippen MR) is 94.8 cm³/mol. The van der Waals surface area contributed by atoms with Gasteiger partial charge in [0.1, 0.15) is 0 Å². The van der Waals surface area contributed by atoms with Gasteiger partial charge in [0, 0.05) is 28.4 Å². The second kappa shape index (κ2) is 6.57. The number of hydrogen-bond acceptors (Lipinski definition) is 3. The van der Waals surface area contributed by atoms with Crippen molar-refractivity contribution in [3.63, 3.8) is 0 Å². The Bertz CT molecular complexity index is 816. The molecule has 1 aliphatic rings. The summed E-state index contributed by atoms with van der Waals surface area (Å²) in [5, 5.41) is 0.537. The number of hydrogen-bond donors (Lipinski definition) is 0. The minimum absolute atomic E-state index is 0.108. The third-order valence-electron chi connectivity index (χ3n) is 4.17. The minimum Gasteiger partial charge on any atom is -0.493 e. The van der Waals surface area contributed by atoms with Gasteiger partial charge in [0.2, 0.25) is 0 Å². The number of carbonyl (C=O) groups excluding carboxylic acids is 1. The molecule has 4 nitrogen and oxygen atoms in total. The van der Waals surface area contributed by atoms with Gasteiger partial charge in [0.15, 0.2) is 11.5 Å². The fourth-order valence-corrected chi connectivity index (χ4v) is 3.10. The lowest BCUT2D eigenvalue weighted by Crippen LogP contribution is -2.34. The topological polar surface area (TPSA) is 38.8 Å². The summed E-state index contributed by atoms with van der Waals surface area (Å²) in [5.74, 6) is 1.19. The highest BCUT2D eigenvalue weighted by Crippen LogP contribution is 2.37. The van der Waals surface area contributed by atoms with Crippen molar-refractivity contribution in [3.8, 4) is 11.5 Å². The van der Waals surface area contributed by atoms with Crippen LogP contribution in [0.1, 0.15) is 21.5 Å². The zero-order valence-electron chi connectivity index (χ0n) is 13.6. The van der Waals surface area contributed by atoms with Crippen LogP contribution in [0.5, 0.6) is 11.5 Å². The van der Waals surface area contributed by atoms with Gasteiger partial charge in [-0.15, -0.1) is 0 Å². The molecule has 0 saturated heterocycles. The lowest BCUT2D eigenvalue weighted by molar-refractivity contribution is 0.0833. The fourth-order valence-electron chi connectivity index (χ4n) is 2.91. The Balaban J connectivity index is 1.96. The van der Waals surface area contributed by atoms with Gasteiger partial charge < -0.3 is 14.4 Å². The van der Waals surface area contributed by atoms with Crippen LogP contribution in [-0.4, -0.2) is 31.6 Å². The standard InChI is InChI=1S/C19H18ClNO3/c1-12-16-11-18(24-3)17(23-2)10-13(16)7-8-21(12)19(22)14-5-4-6-15(20)9-14/h4-6,9-11H,1,7-8H2,2-3H3. The van der Waals surface area contributed by atoms with Gasteiger partial charge in [-0.3, -0.25) is 4.79 Å². The Labute approximate surface area is 146 Å². The fraction of sp³-hybridized carbons (Fsp3) is 0.211. The molecule has 0 N–H and O–H groups in total. The van der Waals surface area contributed by atoms with E-state index >= 15 is 0 Å². The van der Waals surface area contributed by atoms with Gasteiger partial charge in [-0.1, -0.05) is 24.2 Å². The molecule has 0 aromatic heterocycles. The summed E-state index contributed by atoms with van der Waals surface area (Å²) in [7, 11) is 3.20. The second-order valence-electron chi connectivity index (χ2n) is 5.53. The number of carbonyl (C=O) groups is 1. The van der Waals surface area contributed by atoms with E-state index in [1.54, 1.807) is 43.4 Å². The number of fused-ring (bicyclic) bond motifs is 1. The Hall–Kier alpha value is -2.46. The molecule has 1 amide bonds. The first-order valence-electron chi connectivity index (χ1n) is 7.56. The van der Waals surface area contributed by atoms with Crippen LogP contribution in [-0.2, 0) is 6.42 Å². The predicted octanol–water partition coefficient (Wildman–Crippen LogP) is 4.03. The molecule has 0 spiro atoms. The van der Waals surface area contributed by atoms with Crippen LogP contribution < -0.4 is 9.47 Å². The number of rotatable bonds is 3. The summed E-state index contributed by atoms with van der Waals surface area (Å²) >= 11 is 5.99. The molecule has 0 unspecified atom stereocenters. The van der Waals surface area contributed by atoms with Crippen LogP contribution >= 0.6 is 11.6 Å². The van der Waals surface area contributed by atoms with E-state index in [-0.39, 0.29) is 5.91 Å². The summed E-state index contributed by atoms with van der Waals surface area (Å²) in [5.41, 5.74) is 3.19. The van der Waals surface area contributed by atoms with Crippen molar-refractivity contribution in [2.45, 2.75) is 6.42 Å². The van der Waals surface area contributed by atoms with Crippen molar-refractivity contribution >= 4 is 23.2 Å². The molecule has 0 atom stereocenters. The maximum Gasteiger partial charge on any atom is 0.258 e. The average molecular weight is 344 g/mol. The number of methoxy groups -OCH3 is 2. The Morgan fingerprint density at radius 3 is 2.54 bits per heavy atom. The first kappa shape index (κ1) is 16.4. The Morgan fingerprint density at radius 2 is 1.88 bits per heavy atom. The van der Waals surface area contributed by atoms with Crippen LogP contribution in [0.3, 0.4) is 0 Å². The molecule has 1 aliphatic heterocycles. The van der Waals surface area contributed by atoms with Gasteiger partial charge in [0.25, 0.3) is 5.91 Å². The zero-order chi connectivity index (χ0) is 17.3. The van der Waals surface area contributed by atoms with Gasteiger partial charge in [-0.2, -0.15) is 0 Å². The van der Waals surface area contributed by atoms with E-state index in [0.29, 0.717) is 34.3 Å². The normalized spacial score (nSPS) is 13.5. The molecule has 0 fully saturated rings. The molecule has 0 radical (unpaired) electrons. The lowest BCUT2D eigenvalue weighted by Gasteiger charge is -2.31. The largest absolute Gasteiger partial charge is 0.493 e. The lowest BCUT2D eigenvalue weighted by atomic mass is 9.95. The van der Waals surface area contributed by atoms with Crippen molar-refractivity contribution < 1.29 is 14.3 Å². The molecule has 5 heteroatoms. The second-order valence-corrected chi connectivity index (χ2v) is 5.96. The molecule has 0 aliphatic carbocycles. The highest BCUT2D eigenvalue weighted by molar-refractivity contribution is 6.31. The highest BCUT2D eigenvalue weighted by atomic mass is 35.5. The van der Waals surface area contributed by atoms with Crippen molar-refractivity contribution in [2.24, 2.45) is 0 Å². The summed E-state index contributed by atoms with van der Waals surface area (Å²) in [6, 6.07) is 10.8. The van der Waals surface area contributed by atoms with Crippen molar-refractivity contribution in [1.82, 2.24) is 4.90 Å². The van der Waals surface area contributed by atoms with Gasteiger partial charge in [0.05, 0.1) is 14.2 Å². The first-order chi connectivity index (χ1) is 11.5. The highest BCUT2D eigenvalue weighted by Gasteiger charge is 2.27. The van der Waals surface area contributed by atoms with E-state index in [9.17, 15) is 4.79 Å². The third kappa shape index (κ3) is 2.85. The van der Waals surface area contributed by atoms with Crippen LogP contribution in [0.4, 0.5) is 0 Å². The molecule has 1 heterocycles. The van der Waals surface area contributed by atoms with E-state index in [4.69, 9.17) is 21.1 Å². The molecule has 0 bridgehead atoms. The molecule has 3 rings (SSSR count). The van der Waals surface area contributed by atoms with E-state index in [0.717, 1.165) is 17.5 Å². The quantitative estimate of drug-likeness (QED) is 0.844. The third-order valence-corrected chi connectivity index (χ3v) is 4.40. The summed E-state index contributed by atoms with van der Waals surface area (Å²) in [6.07, 6.45) is 0.723. The minimum atomic E-state index is -0.108. The molecule has 0 saturated carbocycles. The van der Waals surface area contributed by atoms with Crippen LogP contribution in [0.15, 0.2) is 43.0 Å². The van der Waals surface area contributed by atoms with Gasteiger partial charge in [-0.25, -0.2) is 0 Å². The van der Waals surface area contributed by atoms with Crippen molar-refractivity contribution in [2.75, 3.05) is 20.8 Å². The number of halogens is 1. The van der Waals surface area contributed by atoms with Crippen LogP contribution in [0.2, 0.25) is 5.02 Å². The molecule has 2 aromatic rings. The van der Waals surface area contributed by atoms with Gasteiger partial charge in [-0.05, 0) is 42.3 Å². The van der Waals surface area contributed by atoms with Crippen LogP contribution in [0.25, 0.3) is 5.70 Å². The number of benzene rings is 2. The van der Waals surface area contributed by atoms with E-state index in [1.165, 1.54) is 0 Å².